The molecule has 0 spiro atoms. The van der Waals surface area contributed by atoms with Gasteiger partial charge in [-0.2, -0.15) is 0 Å². The van der Waals surface area contributed by atoms with E-state index in [0.717, 1.165) is 57.9 Å². The first-order valence-corrected chi connectivity index (χ1v) is 11.6. The summed E-state index contributed by atoms with van der Waals surface area (Å²) >= 11 is 0. The number of unbranched alkanes of at least 4 members (excludes halogenated alkanes) is 9. The van der Waals surface area contributed by atoms with Gasteiger partial charge in [0.25, 0.3) is 0 Å². The second-order valence-corrected chi connectivity index (χ2v) is 9.16. The molecule has 156 valence electrons. The van der Waals surface area contributed by atoms with Crippen molar-refractivity contribution in [1.29, 1.82) is 0 Å². The maximum absolute atomic E-state index is 12.2. The lowest BCUT2D eigenvalue weighted by atomic mass is 9.96. The summed E-state index contributed by atoms with van der Waals surface area (Å²) in [5.41, 5.74) is -0.315. The number of nitrogens with one attached hydrogen (secondary N) is 1. The molecule has 2 fully saturated rings. The molecule has 4 heteroatoms. The molecule has 1 amide bonds. The first-order valence-electron chi connectivity index (χ1n) is 11.6. The molecule has 2 N–H and O–H groups in total. The number of carboxylic acids is 1. The van der Waals surface area contributed by atoms with Crippen molar-refractivity contribution in [2.45, 2.75) is 116 Å². The minimum absolute atomic E-state index is 0.00878. The molecule has 4 nitrogen and oxygen atoms in total. The van der Waals surface area contributed by atoms with Crippen LogP contribution >= 0.6 is 0 Å². The fraction of sp³-hybridized carbons (Fsp3) is 0.913. The maximum atomic E-state index is 12.2. The average Bonchev–Trinajstić information content (AvgIpc) is 3.56. The van der Waals surface area contributed by atoms with Crippen molar-refractivity contribution < 1.29 is 14.7 Å². The van der Waals surface area contributed by atoms with Gasteiger partial charge in [0, 0.05) is 12.0 Å². The summed E-state index contributed by atoms with van der Waals surface area (Å²) in [5, 5.41) is 12.2. The van der Waals surface area contributed by atoms with Gasteiger partial charge < -0.3 is 10.4 Å². The van der Waals surface area contributed by atoms with E-state index < -0.39 is 5.97 Å². The molecule has 0 bridgehead atoms. The van der Waals surface area contributed by atoms with Gasteiger partial charge >= 0.3 is 5.97 Å². The molecule has 2 saturated carbocycles. The molecule has 0 aliphatic heterocycles. The Labute approximate surface area is 165 Å². The van der Waals surface area contributed by atoms with Gasteiger partial charge in [0.2, 0.25) is 5.91 Å². The van der Waals surface area contributed by atoms with E-state index in [9.17, 15) is 9.59 Å². The van der Waals surface area contributed by atoms with Gasteiger partial charge in [-0.05, 0) is 44.9 Å². The molecule has 0 unspecified atom stereocenters. The molecular formula is C23H41NO3. The zero-order chi connectivity index (χ0) is 19.6. The number of hydrogen-bond acceptors (Lipinski definition) is 2. The van der Waals surface area contributed by atoms with Crippen LogP contribution in [0.25, 0.3) is 0 Å². The predicted octanol–water partition coefficient (Wildman–Crippen LogP) is 5.84. The van der Waals surface area contributed by atoms with Crippen LogP contribution in [0.1, 0.15) is 116 Å². The molecule has 2 rings (SSSR count). The summed E-state index contributed by atoms with van der Waals surface area (Å²) in [4.78, 5) is 23.3. The Bertz CT molecular complexity index is 466. The van der Waals surface area contributed by atoms with E-state index in [2.05, 4.69) is 12.2 Å². The summed E-state index contributed by atoms with van der Waals surface area (Å²) in [6, 6.07) is 0. The average molecular weight is 380 g/mol. The van der Waals surface area contributed by atoms with Gasteiger partial charge in [-0.25, -0.2) is 0 Å². The molecule has 0 aromatic rings. The summed E-state index contributed by atoms with van der Waals surface area (Å²) in [7, 11) is 0. The number of rotatable bonds is 17. The molecule has 0 heterocycles. The largest absolute Gasteiger partial charge is 0.481 e. The normalized spacial score (nSPS) is 18.9. The van der Waals surface area contributed by atoms with Crippen molar-refractivity contribution in [3.63, 3.8) is 0 Å². The van der Waals surface area contributed by atoms with Crippen molar-refractivity contribution in [3.8, 4) is 0 Å². The summed E-state index contributed by atoms with van der Waals surface area (Å²) in [5.74, 6) is -0.267. The van der Waals surface area contributed by atoms with Crippen LogP contribution < -0.4 is 5.32 Å². The van der Waals surface area contributed by atoms with Gasteiger partial charge in [-0.3, -0.25) is 9.59 Å². The fourth-order valence-electron chi connectivity index (χ4n) is 4.23. The Balaban J connectivity index is 1.34. The third-order valence-electron chi connectivity index (χ3n) is 6.74. The number of carbonyl (C=O) groups is 2. The molecule has 0 saturated heterocycles. The number of carboxylic acid groups (broad SMARTS) is 1. The van der Waals surface area contributed by atoms with Gasteiger partial charge in [-0.15, -0.1) is 0 Å². The Morgan fingerprint density at radius 2 is 1.15 bits per heavy atom. The van der Waals surface area contributed by atoms with Crippen molar-refractivity contribution >= 4 is 11.9 Å². The van der Waals surface area contributed by atoms with E-state index >= 15 is 0 Å². The van der Waals surface area contributed by atoms with Gasteiger partial charge in [0.05, 0.1) is 5.41 Å². The Morgan fingerprint density at radius 1 is 0.741 bits per heavy atom. The van der Waals surface area contributed by atoms with Gasteiger partial charge in [0.15, 0.2) is 0 Å². The molecule has 2 aliphatic rings. The molecule has 0 atom stereocenters. The number of hydrogen-bond donors (Lipinski definition) is 2. The van der Waals surface area contributed by atoms with Crippen LogP contribution in [0.15, 0.2) is 0 Å². The van der Waals surface area contributed by atoms with Crippen molar-refractivity contribution in [3.05, 3.63) is 0 Å². The van der Waals surface area contributed by atoms with Crippen molar-refractivity contribution in [1.82, 2.24) is 5.32 Å². The van der Waals surface area contributed by atoms with Crippen molar-refractivity contribution in [2.75, 3.05) is 6.54 Å². The minimum atomic E-state index is -0.573. The fourth-order valence-corrected chi connectivity index (χ4v) is 4.23. The molecule has 0 aromatic carbocycles. The van der Waals surface area contributed by atoms with Crippen LogP contribution in [0.4, 0.5) is 0 Å². The highest BCUT2D eigenvalue weighted by atomic mass is 16.4. The number of carbonyl (C=O) groups excluding carboxylic acids is 1. The standard InChI is InChI=1S/C23H41NO3/c1-2-19-24-20(25)22(15-16-22)13-11-9-7-5-3-4-6-8-10-12-14-23(17-18-23)21(26)27/h2-19H2,1H3,(H,24,25)(H,26,27). The first kappa shape index (κ1) is 22.2. The molecule has 0 radical (unpaired) electrons. The summed E-state index contributed by atoms with van der Waals surface area (Å²) in [6.45, 7) is 2.92. The van der Waals surface area contributed by atoms with E-state index in [1.165, 1.54) is 57.8 Å². The van der Waals surface area contributed by atoms with Gasteiger partial charge in [0.1, 0.15) is 0 Å². The lowest BCUT2D eigenvalue weighted by molar-refractivity contribution is -0.143. The highest BCUT2D eigenvalue weighted by Gasteiger charge is 2.49. The molecule has 2 aliphatic carbocycles. The van der Waals surface area contributed by atoms with Crippen molar-refractivity contribution in [2.24, 2.45) is 10.8 Å². The number of aliphatic carboxylic acids is 1. The lowest BCUT2D eigenvalue weighted by Crippen LogP contribution is -2.32. The van der Waals surface area contributed by atoms with E-state index in [-0.39, 0.29) is 10.8 Å². The van der Waals surface area contributed by atoms with Crippen LogP contribution in [0.5, 0.6) is 0 Å². The predicted molar refractivity (Wildman–Crippen MR) is 110 cm³/mol. The van der Waals surface area contributed by atoms with Gasteiger partial charge in [-0.1, -0.05) is 71.1 Å². The third-order valence-corrected chi connectivity index (χ3v) is 6.74. The van der Waals surface area contributed by atoms with Crippen LogP contribution in [0, 0.1) is 10.8 Å². The number of amides is 1. The topological polar surface area (TPSA) is 66.4 Å². The van der Waals surface area contributed by atoms with E-state index in [0.29, 0.717) is 5.91 Å². The van der Waals surface area contributed by atoms with Crippen LogP contribution in [-0.4, -0.2) is 23.5 Å². The Hall–Kier alpha value is -1.06. The second-order valence-electron chi connectivity index (χ2n) is 9.16. The lowest BCUT2D eigenvalue weighted by Gasteiger charge is -2.14. The highest BCUT2D eigenvalue weighted by Crippen LogP contribution is 2.50. The quantitative estimate of drug-likeness (QED) is 0.312. The van der Waals surface area contributed by atoms with E-state index in [1.54, 1.807) is 0 Å². The highest BCUT2D eigenvalue weighted by molar-refractivity contribution is 5.85. The summed E-state index contributed by atoms with van der Waals surface area (Å²) < 4.78 is 0. The van der Waals surface area contributed by atoms with Crippen LogP contribution in [-0.2, 0) is 9.59 Å². The maximum Gasteiger partial charge on any atom is 0.309 e. The third kappa shape index (κ3) is 7.46. The van der Waals surface area contributed by atoms with E-state index in [1.807, 2.05) is 0 Å². The Morgan fingerprint density at radius 3 is 1.52 bits per heavy atom. The SMILES string of the molecule is CCCNC(=O)C1(CCCCCCCCCCCCC2(C(=O)O)CC2)CC1. The summed E-state index contributed by atoms with van der Waals surface area (Å²) in [6.07, 6.45) is 19.5. The second kappa shape index (κ2) is 11.1. The molecular weight excluding hydrogens is 338 g/mol. The minimum Gasteiger partial charge on any atom is -0.481 e. The van der Waals surface area contributed by atoms with E-state index in [4.69, 9.17) is 5.11 Å². The first-order chi connectivity index (χ1) is 13.0. The zero-order valence-electron chi connectivity index (χ0n) is 17.5. The van der Waals surface area contributed by atoms with Crippen LogP contribution in [0.2, 0.25) is 0 Å². The van der Waals surface area contributed by atoms with Crippen LogP contribution in [0.3, 0.4) is 0 Å². The Kier molecular flexibility index (Phi) is 9.11. The molecule has 0 aromatic heterocycles. The monoisotopic (exact) mass is 379 g/mol. The molecule has 27 heavy (non-hydrogen) atoms. The smallest absolute Gasteiger partial charge is 0.309 e. The zero-order valence-corrected chi connectivity index (χ0v) is 17.5.